The minimum Gasteiger partial charge on any atom is -0.352 e. The number of carbonyl (C=O) groups is 2. The van der Waals surface area contributed by atoms with Crippen molar-refractivity contribution in [1.82, 2.24) is 10.2 Å². The lowest BCUT2D eigenvalue weighted by Gasteiger charge is -2.32. The molecular weight excluding hydrogens is 435 g/mol. The molecule has 6 heteroatoms. The van der Waals surface area contributed by atoms with Crippen LogP contribution in [0.1, 0.15) is 25.0 Å². The summed E-state index contributed by atoms with van der Waals surface area (Å²) in [7, 11) is 0. The van der Waals surface area contributed by atoms with Gasteiger partial charge in [0.1, 0.15) is 11.9 Å². The van der Waals surface area contributed by atoms with E-state index < -0.39 is 6.04 Å². The van der Waals surface area contributed by atoms with Crippen LogP contribution in [-0.2, 0) is 22.6 Å². The smallest absolute Gasteiger partial charge is 0.243 e. The number of hydrogen-bond donors (Lipinski definition) is 1. The molecule has 0 aliphatic rings. The molecule has 4 nitrogen and oxygen atoms in total. The standard InChI is InChI=1S/C27H29FN2O2S/c1-20(2)29-27(32)25(17-21-9-5-3-6-10-21)30(18-22-13-15-23(28)16-14-22)26(31)19-33-24-11-7-4-8-12-24/h3-16,20,25H,17-19H2,1-2H3,(H,29,32)/t25-/m1/s1. The van der Waals surface area contributed by atoms with Gasteiger partial charge >= 0.3 is 0 Å². The first-order valence-electron chi connectivity index (χ1n) is 11.0. The van der Waals surface area contributed by atoms with Gasteiger partial charge in [0.2, 0.25) is 11.8 Å². The van der Waals surface area contributed by atoms with Gasteiger partial charge in [-0.15, -0.1) is 11.8 Å². The van der Waals surface area contributed by atoms with Gasteiger partial charge in [0.15, 0.2) is 0 Å². The zero-order chi connectivity index (χ0) is 23.6. The maximum atomic E-state index is 13.5. The zero-order valence-electron chi connectivity index (χ0n) is 18.9. The largest absolute Gasteiger partial charge is 0.352 e. The summed E-state index contributed by atoms with van der Waals surface area (Å²) in [6.07, 6.45) is 0.391. The van der Waals surface area contributed by atoms with Crippen molar-refractivity contribution >= 4 is 23.6 Å². The van der Waals surface area contributed by atoms with E-state index in [-0.39, 0.29) is 36.0 Å². The van der Waals surface area contributed by atoms with Gasteiger partial charge in [0.25, 0.3) is 0 Å². The lowest BCUT2D eigenvalue weighted by Crippen LogP contribution is -2.52. The summed E-state index contributed by atoms with van der Waals surface area (Å²) in [5, 5.41) is 2.97. The maximum absolute atomic E-state index is 13.5. The normalized spacial score (nSPS) is 11.8. The molecule has 0 unspecified atom stereocenters. The second kappa shape index (κ2) is 12.2. The number of nitrogens with zero attached hydrogens (tertiary/aromatic N) is 1. The van der Waals surface area contributed by atoms with Gasteiger partial charge in [-0.2, -0.15) is 0 Å². The predicted molar refractivity (Wildman–Crippen MR) is 131 cm³/mol. The molecule has 3 aromatic rings. The highest BCUT2D eigenvalue weighted by Crippen LogP contribution is 2.21. The van der Waals surface area contributed by atoms with Crippen molar-refractivity contribution in [1.29, 1.82) is 0 Å². The van der Waals surface area contributed by atoms with E-state index >= 15 is 0 Å². The second-order valence-corrected chi connectivity index (χ2v) is 9.17. The predicted octanol–water partition coefficient (Wildman–Crippen LogP) is 5.08. The first-order chi connectivity index (χ1) is 15.9. The van der Waals surface area contributed by atoms with Crippen LogP contribution in [0.25, 0.3) is 0 Å². The Morgan fingerprint density at radius 1 is 0.879 bits per heavy atom. The fraction of sp³-hybridized carbons (Fsp3) is 0.259. The summed E-state index contributed by atoms with van der Waals surface area (Å²) in [6, 6.07) is 24.7. The zero-order valence-corrected chi connectivity index (χ0v) is 19.7. The molecule has 0 aliphatic heterocycles. The summed E-state index contributed by atoms with van der Waals surface area (Å²) in [5.74, 6) is -0.484. The maximum Gasteiger partial charge on any atom is 0.243 e. The van der Waals surface area contributed by atoms with Gasteiger partial charge in [-0.3, -0.25) is 9.59 Å². The van der Waals surface area contributed by atoms with Gasteiger partial charge in [-0.05, 0) is 49.2 Å². The van der Waals surface area contributed by atoms with Gasteiger partial charge in [0.05, 0.1) is 5.75 Å². The van der Waals surface area contributed by atoms with Crippen LogP contribution in [0.3, 0.4) is 0 Å². The topological polar surface area (TPSA) is 49.4 Å². The van der Waals surface area contributed by atoms with E-state index in [1.54, 1.807) is 17.0 Å². The molecule has 0 saturated carbocycles. The number of nitrogens with one attached hydrogen (secondary N) is 1. The molecule has 1 N–H and O–H groups in total. The SMILES string of the molecule is CC(C)NC(=O)[C@@H](Cc1ccccc1)N(Cc1ccc(F)cc1)C(=O)CSc1ccccc1. The summed E-state index contributed by atoms with van der Waals surface area (Å²) < 4.78 is 13.5. The summed E-state index contributed by atoms with van der Waals surface area (Å²) in [5.41, 5.74) is 1.74. The Hall–Kier alpha value is -3.12. The lowest BCUT2D eigenvalue weighted by molar-refractivity contribution is -0.139. The first kappa shape index (κ1) is 24.5. The minimum absolute atomic E-state index is 0.0581. The van der Waals surface area contributed by atoms with Crippen LogP contribution in [0.4, 0.5) is 4.39 Å². The molecule has 33 heavy (non-hydrogen) atoms. The molecule has 0 bridgehead atoms. The number of halogens is 1. The molecule has 0 fully saturated rings. The monoisotopic (exact) mass is 464 g/mol. The molecule has 3 aromatic carbocycles. The van der Waals surface area contributed by atoms with E-state index in [0.29, 0.717) is 6.42 Å². The van der Waals surface area contributed by atoms with Crippen LogP contribution in [0.2, 0.25) is 0 Å². The van der Waals surface area contributed by atoms with Crippen molar-refractivity contribution in [2.45, 2.75) is 43.8 Å². The van der Waals surface area contributed by atoms with Crippen LogP contribution in [-0.4, -0.2) is 34.6 Å². The number of amides is 2. The molecule has 1 atom stereocenters. The van der Waals surface area contributed by atoms with Crippen molar-refractivity contribution in [3.05, 3.63) is 102 Å². The summed E-state index contributed by atoms with van der Waals surface area (Å²) in [4.78, 5) is 29.3. The first-order valence-corrected chi connectivity index (χ1v) is 12.0. The molecule has 0 spiro atoms. The molecule has 0 aliphatic carbocycles. The highest BCUT2D eigenvalue weighted by molar-refractivity contribution is 8.00. The Morgan fingerprint density at radius 3 is 2.09 bits per heavy atom. The Bertz CT molecular complexity index is 1030. The molecule has 3 rings (SSSR count). The molecule has 0 heterocycles. The summed E-state index contributed by atoms with van der Waals surface area (Å²) in [6.45, 7) is 4.02. The van der Waals surface area contributed by atoms with Crippen molar-refractivity contribution < 1.29 is 14.0 Å². The van der Waals surface area contributed by atoms with E-state index in [1.807, 2.05) is 74.5 Å². The van der Waals surface area contributed by atoms with Gasteiger partial charge in [-0.1, -0.05) is 60.7 Å². The Morgan fingerprint density at radius 2 is 1.48 bits per heavy atom. The molecule has 0 saturated heterocycles. The molecular formula is C27H29FN2O2S. The molecule has 2 amide bonds. The van der Waals surface area contributed by atoms with E-state index in [0.717, 1.165) is 16.0 Å². The number of carbonyl (C=O) groups excluding carboxylic acids is 2. The Labute approximate surface area is 199 Å². The third-order valence-corrected chi connectivity index (χ3v) is 6.07. The van der Waals surface area contributed by atoms with E-state index in [1.165, 1.54) is 23.9 Å². The van der Waals surface area contributed by atoms with Crippen LogP contribution in [0.5, 0.6) is 0 Å². The van der Waals surface area contributed by atoms with Gasteiger partial charge in [-0.25, -0.2) is 4.39 Å². The third-order valence-electron chi connectivity index (χ3n) is 5.07. The van der Waals surface area contributed by atoms with Crippen LogP contribution >= 0.6 is 11.8 Å². The summed E-state index contributed by atoms with van der Waals surface area (Å²) >= 11 is 1.44. The number of rotatable bonds is 10. The van der Waals surface area contributed by atoms with Gasteiger partial charge in [0, 0.05) is 23.9 Å². The van der Waals surface area contributed by atoms with Crippen LogP contribution in [0.15, 0.2) is 89.8 Å². The molecule has 0 aromatic heterocycles. The fourth-order valence-electron chi connectivity index (χ4n) is 3.47. The Balaban J connectivity index is 1.89. The van der Waals surface area contributed by atoms with Crippen molar-refractivity contribution in [2.75, 3.05) is 5.75 Å². The number of thioether (sulfide) groups is 1. The molecule has 0 radical (unpaired) electrons. The minimum atomic E-state index is -0.691. The average Bonchev–Trinajstić information content (AvgIpc) is 2.82. The van der Waals surface area contributed by atoms with E-state index in [4.69, 9.17) is 0 Å². The number of hydrogen-bond acceptors (Lipinski definition) is 3. The molecule has 172 valence electrons. The third kappa shape index (κ3) is 7.75. The van der Waals surface area contributed by atoms with E-state index in [9.17, 15) is 14.0 Å². The average molecular weight is 465 g/mol. The van der Waals surface area contributed by atoms with Crippen LogP contribution < -0.4 is 5.32 Å². The highest BCUT2D eigenvalue weighted by Gasteiger charge is 2.30. The van der Waals surface area contributed by atoms with Gasteiger partial charge < -0.3 is 10.2 Å². The van der Waals surface area contributed by atoms with Crippen molar-refractivity contribution in [3.8, 4) is 0 Å². The lowest BCUT2D eigenvalue weighted by atomic mass is 10.0. The highest BCUT2D eigenvalue weighted by atomic mass is 32.2. The number of benzene rings is 3. The fourth-order valence-corrected chi connectivity index (χ4v) is 4.27. The van der Waals surface area contributed by atoms with Crippen molar-refractivity contribution in [3.63, 3.8) is 0 Å². The quantitative estimate of drug-likeness (QED) is 0.426. The van der Waals surface area contributed by atoms with Crippen LogP contribution in [0, 0.1) is 5.82 Å². The Kier molecular flexibility index (Phi) is 9.07. The van der Waals surface area contributed by atoms with Crippen molar-refractivity contribution in [2.24, 2.45) is 0 Å². The second-order valence-electron chi connectivity index (χ2n) is 8.12. The van der Waals surface area contributed by atoms with E-state index in [2.05, 4.69) is 5.32 Å².